The van der Waals surface area contributed by atoms with E-state index < -0.39 is 0 Å². The molecule has 0 atom stereocenters. The van der Waals surface area contributed by atoms with Crippen LogP contribution in [0.5, 0.6) is 5.75 Å². The van der Waals surface area contributed by atoms with Crippen LogP contribution < -0.4 is 9.64 Å². The second-order valence-electron chi connectivity index (χ2n) is 7.00. The molecule has 1 aromatic heterocycles. The first-order chi connectivity index (χ1) is 12.9. The molecule has 7 heteroatoms. The van der Waals surface area contributed by atoms with E-state index in [0.29, 0.717) is 29.4 Å². The van der Waals surface area contributed by atoms with E-state index >= 15 is 0 Å². The molecule has 1 aromatic carbocycles. The second-order valence-corrected chi connectivity index (χ2v) is 7.44. The number of aryl methyl sites for hydroxylation is 1. The standard InChI is InChI=1S/C20H25ClN4O2/c1-13(2)19-22-14(3)11-18(23-19)24-7-9-25(10-8-24)20(26)16-12-15(21)5-6-17(16)27-4/h5-6,11-13H,7-10H2,1-4H3. The molecule has 0 saturated carbocycles. The molecule has 2 aromatic rings. The van der Waals surface area contributed by atoms with Gasteiger partial charge in [-0.15, -0.1) is 0 Å². The van der Waals surface area contributed by atoms with Crippen molar-refractivity contribution >= 4 is 23.3 Å². The molecule has 1 fully saturated rings. The summed E-state index contributed by atoms with van der Waals surface area (Å²) in [5.74, 6) is 2.54. The zero-order valence-electron chi connectivity index (χ0n) is 16.2. The van der Waals surface area contributed by atoms with E-state index in [2.05, 4.69) is 23.7 Å². The summed E-state index contributed by atoms with van der Waals surface area (Å²) in [5, 5.41) is 0.524. The Balaban J connectivity index is 1.72. The van der Waals surface area contributed by atoms with E-state index in [0.717, 1.165) is 30.4 Å². The molecule has 2 heterocycles. The van der Waals surface area contributed by atoms with Crippen LogP contribution in [0.3, 0.4) is 0 Å². The molecule has 1 aliphatic heterocycles. The lowest BCUT2D eigenvalue weighted by molar-refractivity contribution is 0.0743. The van der Waals surface area contributed by atoms with Crippen LogP contribution in [0.4, 0.5) is 5.82 Å². The molecule has 1 aliphatic rings. The van der Waals surface area contributed by atoms with Gasteiger partial charge in [-0.25, -0.2) is 9.97 Å². The Morgan fingerprint density at radius 1 is 1.15 bits per heavy atom. The van der Waals surface area contributed by atoms with Gasteiger partial charge in [-0.1, -0.05) is 25.4 Å². The first-order valence-electron chi connectivity index (χ1n) is 9.12. The third kappa shape index (κ3) is 4.33. The maximum absolute atomic E-state index is 12.9. The topological polar surface area (TPSA) is 58.6 Å². The number of halogens is 1. The highest BCUT2D eigenvalue weighted by atomic mass is 35.5. The third-order valence-corrected chi connectivity index (χ3v) is 4.89. The van der Waals surface area contributed by atoms with Gasteiger partial charge in [-0.2, -0.15) is 0 Å². The van der Waals surface area contributed by atoms with Crippen LogP contribution in [0.1, 0.15) is 41.6 Å². The summed E-state index contributed by atoms with van der Waals surface area (Å²) in [5.41, 5.74) is 1.46. The molecule has 1 saturated heterocycles. The van der Waals surface area contributed by atoms with E-state index in [1.54, 1.807) is 25.3 Å². The molecular weight excluding hydrogens is 364 g/mol. The summed E-state index contributed by atoms with van der Waals surface area (Å²) in [6, 6.07) is 7.11. The molecule has 27 heavy (non-hydrogen) atoms. The van der Waals surface area contributed by atoms with Gasteiger partial charge < -0.3 is 14.5 Å². The molecule has 6 nitrogen and oxygen atoms in total. The highest BCUT2D eigenvalue weighted by Gasteiger charge is 2.25. The van der Waals surface area contributed by atoms with Gasteiger partial charge in [0, 0.05) is 48.9 Å². The Hall–Kier alpha value is -2.34. The van der Waals surface area contributed by atoms with Gasteiger partial charge in [-0.3, -0.25) is 4.79 Å². The minimum Gasteiger partial charge on any atom is -0.496 e. The van der Waals surface area contributed by atoms with Gasteiger partial charge in [-0.05, 0) is 25.1 Å². The molecule has 0 radical (unpaired) electrons. The van der Waals surface area contributed by atoms with Crippen molar-refractivity contribution in [3.8, 4) is 5.75 Å². The summed E-state index contributed by atoms with van der Waals surface area (Å²) in [4.78, 5) is 26.2. The lowest BCUT2D eigenvalue weighted by Gasteiger charge is -2.36. The minimum absolute atomic E-state index is 0.0595. The number of benzene rings is 1. The number of anilines is 1. The predicted octanol–water partition coefficient (Wildman–Crippen LogP) is 3.53. The molecular formula is C20H25ClN4O2. The van der Waals surface area contributed by atoms with Crippen molar-refractivity contribution in [2.75, 3.05) is 38.2 Å². The van der Waals surface area contributed by atoms with Crippen molar-refractivity contribution < 1.29 is 9.53 Å². The number of hydrogen-bond acceptors (Lipinski definition) is 5. The molecule has 144 valence electrons. The van der Waals surface area contributed by atoms with Crippen LogP contribution in [0, 0.1) is 6.92 Å². The Bertz CT molecular complexity index is 833. The fraction of sp³-hybridized carbons (Fsp3) is 0.450. The highest BCUT2D eigenvalue weighted by Crippen LogP contribution is 2.25. The second kappa shape index (κ2) is 8.13. The van der Waals surface area contributed by atoms with E-state index in [1.165, 1.54) is 0 Å². The summed E-state index contributed by atoms with van der Waals surface area (Å²) >= 11 is 6.07. The molecule has 0 N–H and O–H groups in total. The molecule has 0 bridgehead atoms. The van der Waals surface area contributed by atoms with Crippen molar-refractivity contribution in [3.05, 3.63) is 46.4 Å². The average Bonchev–Trinajstić information content (AvgIpc) is 2.67. The summed E-state index contributed by atoms with van der Waals surface area (Å²) < 4.78 is 5.32. The fourth-order valence-electron chi connectivity index (χ4n) is 3.15. The number of rotatable bonds is 4. The summed E-state index contributed by atoms with van der Waals surface area (Å²) in [7, 11) is 1.56. The van der Waals surface area contributed by atoms with Gasteiger partial charge in [0.1, 0.15) is 17.4 Å². The maximum atomic E-state index is 12.9. The van der Waals surface area contributed by atoms with Crippen LogP contribution in [-0.2, 0) is 0 Å². The quantitative estimate of drug-likeness (QED) is 0.801. The predicted molar refractivity (Wildman–Crippen MR) is 107 cm³/mol. The molecule has 1 amide bonds. The van der Waals surface area contributed by atoms with Crippen molar-refractivity contribution in [1.29, 1.82) is 0 Å². The van der Waals surface area contributed by atoms with Crippen molar-refractivity contribution in [2.24, 2.45) is 0 Å². The van der Waals surface area contributed by atoms with Crippen LogP contribution in [0.15, 0.2) is 24.3 Å². The number of methoxy groups -OCH3 is 1. The van der Waals surface area contributed by atoms with Crippen LogP contribution in [-0.4, -0.2) is 54.1 Å². The van der Waals surface area contributed by atoms with Crippen molar-refractivity contribution in [2.45, 2.75) is 26.7 Å². The maximum Gasteiger partial charge on any atom is 0.257 e. The van der Waals surface area contributed by atoms with E-state index in [9.17, 15) is 4.79 Å². The number of carbonyl (C=O) groups excluding carboxylic acids is 1. The monoisotopic (exact) mass is 388 g/mol. The number of nitrogens with zero attached hydrogens (tertiary/aromatic N) is 4. The largest absolute Gasteiger partial charge is 0.496 e. The van der Waals surface area contributed by atoms with Crippen LogP contribution in [0.25, 0.3) is 0 Å². The van der Waals surface area contributed by atoms with Crippen molar-refractivity contribution in [1.82, 2.24) is 14.9 Å². The lowest BCUT2D eigenvalue weighted by atomic mass is 10.1. The molecule has 0 spiro atoms. The average molecular weight is 389 g/mol. The minimum atomic E-state index is -0.0595. The Morgan fingerprint density at radius 2 is 1.85 bits per heavy atom. The zero-order chi connectivity index (χ0) is 19.6. The van der Waals surface area contributed by atoms with Gasteiger partial charge in [0.2, 0.25) is 0 Å². The SMILES string of the molecule is COc1ccc(Cl)cc1C(=O)N1CCN(c2cc(C)nc(C(C)C)n2)CC1. The number of carbonyl (C=O) groups is 1. The molecule has 0 aliphatic carbocycles. The van der Waals surface area contributed by atoms with Crippen LogP contribution >= 0.6 is 11.6 Å². The Kier molecular flexibility index (Phi) is 5.85. The number of piperazine rings is 1. The summed E-state index contributed by atoms with van der Waals surface area (Å²) in [6.45, 7) is 8.86. The smallest absolute Gasteiger partial charge is 0.257 e. The van der Waals surface area contributed by atoms with Gasteiger partial charge in [0.25, 0.3) is 5.91 Å². The van der Waals surface area contributed by atoms with E-state index in [1.807, 2.05) is 17.9 Å². The molecule has 3 rings (SSSR count). The van der Waals surface area contributed by atoms with E-state index in [-0.39, 0.29) is 11.8 Å². The Labute approximate surface area is 165 Å². The first-order valence-corrected chi connectivity index (χ1v) is 9.50. The van der Waals surface area contributed by atoms with Gasteiger partial charge in [0.15, 0.2) is 0 Å². The number of amides is 1. The fourth-order valence-corrected chi connectivity index (χ4v) is 3.32. The van der Waals surface area contributed by atoms with E-state index in [4.69, 9.17) is 21.3 Å². The Morgan fingerprint density at radius 3 is 2.48 bits per heavy atom. The normalized spacial score (nSPS) is 14.6. The number of hydrogen-bond donors (Lipinski definition) is 0. The summed E-state index contributed by atoms with van der Waals surface area (Å²) in [6.07, 6.45) is 0. The van der Waals surface area contributed by atoms with Crippen LogP contribution in [0.2, 0.25) is 5.02 Å². The number of ether oxygens (including phenoxy) is 1. The lowest BCUT2D eigenvalue weighted by Crippen LogP contribution is -2.49. The highest BCUT2D eigenvalue weighted by molar-refractivity contribution is 6.31. The first kappa shape index (κ1) is 19.4. The third-order valence-electron chi connectivity index (χ3n) is 4.66. The van der Waals surface area contributed by atoms with Gasteiger partial charge in [0.05, 0.1) is 12.7 Å². The number of aromatic nitrogens is 2. The zero-order valence-corrected chi connectivity index (χ0v) is 17.0. The van der Waals surface area contributed by atoms with Crippen molar-refractivity contribution in [3.63, 3.8) is 0 Å². The molecule has 0 unspecified atom stereocenters. The van der Waals surface area contributed by atoms with Gasteiger partial charge >= 0.3 is 0 Å².